The van der Waals surface area contributed by atoms with Crippen molar-refractivity contribution in [3.8, 4) is 0 Å². The summed E-state index contributed by atoms with van der Waals surface area (Å²) in [7, 11) is 1.95. The van der Waals surface area contributed by atoms with Crippen LogP contribution in [0.1, 0.15) is 39.5 Å². The number of likely N-dealkylation sites (N-methyl/N-ethyl adjacent to an activating group) is 1. The van der Waals surface area contributed by atoms with Crippen LogP contribution in [0.3, 0.4) is 0 Å². The first-order valence-electron chi connectivity index (χ1n) is 6.18. The number of carbonyl (C=O) groups is 1. The van der Waals surface area contributed by atoms with Crippen molar-refractivity contribution in [2.45, 2.75) is 57.8 Å². The summed E-state index contributed by atoms with van der Waals surface area (Å²) >= 11 is 0. The normalized spacial score (nSPS) is 27.4. The van der Waals surface area contributed by atoms with Gasteiger partial charge in [-0.05, 0) is 33.7 Å². The average Bonchev–Trinajstić information content (AvgIpc) is 2.30. The Morgan fingerprint density at radius 3 is 2.75 bits per heavy atom. The predicted octanol–water partition coefficient (Wildman–Crippen LogP) is 1.49. The molecule has 0 bridgehead atoms. The summed E-state index contributed by atoms with van der Waals surface area (Å²) in [6, 6.07) is 0.366. The van der Waals surface area contributed by atoms with Gasteiger partial charge >= 0.3 is 5.97 Å². The molecule has 0 spiro atoms. The highest BCUT2D eigenvalue weighted by molar-refractivity contribution is 5.74. The Labute approximate surface area is 97.7 Å². The average molecular weight is 229 g/mol. The maximum absolute atomic E-state index is 11.4. The number of esters is 1. The number of hydrogen-bond acceptors (Lipinski definition) is 4. The molecule has 0 aromatic heterocycles. The lowest BCUT2D eigenvalue weighted by atomic mass is 9.92. The van der Waals surface area contributed by atoms with Crippen molar-refractivity contribution in [2.75, 3.05) is 13.7 Å². The van der Waals surface area contributed by atoms with Crippen LogP contribution in [-0.4, -0.2) is 37.9 Å². The Kier molecular flexibility index (Phi) is 5.77. The standard InChI is InChI=1S/C12H23NO3/c1-4-15-12(14)9(2)16-11-8-6-5-7-10(11)13-3/h9-11,13H,4-8H2,1-3H3. The molecule has 0 radical (unpaired) electrons. The first kappa shape index (κ1) is 13.5. The fourth-order valence-electron chi connectivity index (χ4n) is 2.17. The van der Waals surface area contributed by atoms with Gasteiger partial charge in [0.25, 0.3) is 0 Å². The Hall–Kier alpha value is -0.610. The largest absolute Gasteiger partial charge is 0.464 e. The number of ether oxygens (including phenoxy) is 2. The molecular weight excluding hydrogens is 206 g/mol. The number of rotatable bonds is 5. The fraction of sp³-hybridized carbons (Fsp3) is 0.917. The molecule has 1 N–H and O–H groups in total. The van der Waals surface area contributed by atoms with E-state index in [0.29, 0.717) is 12.6 Å². The first-order chi connectivity index (χ1) is 7.69. The van der Waals surface area contributed by atoms with Gasteiger partial charge in [0.05, 0.1) is 12.7 Å². The summed E-state index contributed by atoms with van der Waals surface area (Å²) in [6.45, 7) is 3.98. The lowest BCUT2D eigenvalue weighted by molar-refractivity contribution is -0.161. The van der Waals surface area contributed by atoms with Crippen molar-refractivity contribution < 1.29 is 14.3 Å². The van der Waals surface area contributed by atoms with Gasteiger partial charge < -0.3 is 14.8 Å². The van der Waals surface area contributed by atoms with E-state index in [2.05, 4.69) is 5.32 Å². The summed E-state index contributed by atoms with van der Waals surface area (Å²) < 4.78 is 10.7. The van der Waals surface area contributed by atoms with Gasteiger partial charge in [0.2, 0.25) is 0 Å². The molecule has 0 amide bonds. The van der Waals surface area contributed by atoms with Crippen LogP contribution in [0.15, 0.2) is 0 Å². The van der Waals surface area contributed by atoms with Gasteiger partial charge in [0.15, 0.2) is 6.10 Å². The van der Waals surface area contributed by atoms with Crippen LogP contribution in [-0.2, 0) is 14.3 Å². The zero-order valence-electron chi connectivity index (χ0n) is 10.5. The van der Waals surface area contributed by atoms with E-state index in [9.17, 15) is 4.79 Å². The lowest BCUT2D eigenvalue weighted by Gasteiger charge is -2.32. The third kappa shape index (κ3) is 3.76. The monoisotopic (exact) mass is 229 g/mol. The highest BCUT2D eigenvalue weighted by Crippen LogP contribution is 2.22. The van der Waals surface area contributed by atoms with Crippen LogP contribution in [0.2, 0.25) is 0 Å². The number of carbonyl (C=O) groups excluding carboxylic acids is 1. The maximum atomic E-state index is 11.4. The van der Waals surface area contributed by atoms with Gasteiger partial charge in [-0.1, -0.05) is 12.8 Å². The third-order valence-electron chi connectivity index (χ3n) is 3.07. The van der Waals surface area contributed by atoms with Crippen LogP contribution in [0.5, 0.6) is 0 Å². The van der Waals surface area contributed by atoms with E-state index in [1.807, 2.05) is 14.0 Å². The van der Waals surface area contributed by atoms with Gasteiger partial charge in [-0.3, -0.25) is 0 Å². The van der Waals surface area contributed by atoms with E-state index in [-0.39, 0.29) is 12.1 Å². The Bertz CT molecular complexity index is 220. The predicted molar refractivity (Wildman–Crippen MR) is 62.3 cm³/mol. The molecule has 0 aliphatic heterocycles. The van der Waals surface area contributed by atoms with Crippen molar-refractivity contribution >= 4 is 5.97 Å². The van der Waals surface area contributed by atoms with Crippen molar-refractivity contribution in [3.05, 3.63) is 0 Å². The van der Waals surface area contributed by atoms with Gasteiger partial charge in [-0.2, -0.15) is 0 Å². The molecule has 0 saturated heterocycles. The van der Waals surface area contributed by atoms with Crippen LogP contribution in [0, 0.1) is 0 Å². The zero-order valence-corrected chi connectivity index (χ0v) is 10.5. The zero-order chi connectivity index (χ0) is 12.0. The third-order valence-corrected chi connectivity index (χ3v) is 3.07. The molecule has 4 nitrogen and oxygen atoms in total. The van der Waals surface area contributed by atoms with Crippen molar-refractivity contribution in [3.63, 3.8) is 0 Å². The molecule has 1 saturated carbocycles. The summed E-state index contributed by atoms with van der Waals surface area (Å²) in [4.78, 5) is 11.4. The molecule has 1 fully saturated rings. The molecule has 0 aromatic carbocycles. The van der Waals surface area contributed by atoms with E-state index in [0.717, 1.165) is 12.8 Å². The minimum atomic E-state index is -0.459. The molecular formula is C12H23NO3. The minimum absolute atomic E-state index is 0.137. The topological polar surface area (TPSA) is 47.6 Å². The van der Waals surface area contributed by atoms with E-state index in [1.165, 1.54) is 12.8 Å². The molecule has 94 valence electrons. The fourth-order valence-corrected chi connectivity index (χ4v) is 2.17. The van der Waals surface area contributed by atoms with Crippen LogP contribution >= 0.6 is 0 Å². The summed E-state index contributed by atoms with van der Waals surface area (Å²) in [5.41, 5.74) is 0. The smallest absolute Gasteiger partial charge is 0.334 e. The highest BCUT2D eigenvalue weighted by atomic mass is 16.6. The Morgan fingerprint density at radius 2 is 2.12 bits per heavy atom. The Balaban J connectivity index is 2.41. The summed E-state index contributed by atoms with van der Waals surface area (Å²) in [5.74, 6) is -0.261. The molecule has 0 heterocycles. The van der Waals surface area contributed by atoms with Crippen molar-refractivity contribution in [2.24, 2.45) is 0 Å². The number of nitrogens with one attached hydrogen (secondary N) is 1. The molecule has 16 heavy (non-hydrogen) atoms. The van der Waals surface area contributed by atoms with Gasteiger partial charge in [-0.15, -0.1) is 0 Å². The SMILES string of the molecule is CCOC(=O)C(C)OC1CCCCC1NC. The number of hydrogen-bond donors (Lipinski definition) is 1. The van der Waals surface area contributed by atoms with Gasteiger partial charge in [0.1, 0.15) is 0 Å². The summed E-state index contributed by atoms with van der Waals surface area (Å²) in [6.07, 6.45) is 4.24. The molecule has 1 rings (SSSR count). The molecule has 0 aromatic rings. The van der Waals surface area contributed by atoms with Gasteiger partial charge in [-0.25, -0.2) is 4.79 Å². The van der Waals surface area contributed by atoms with E-state index >= 15 is 0 Å². The minimum Gasteiger partial charge on any atom is -0.464 e. The first-order valence-corrected chi connectivity index (χ1v) is 6.18. The van der Waals surface area contributed by atoms with E-state index in [4.69, 9.17) is 9.47 Å². The van der Waals surface area contributed by atoms with E-state index in [1.54, 1.807) is 6.92 Å². The molecule has 1 aliphatic rings. The second-order valence-electron chi connectivity index (χ2n) is 4.25. The van der Waals surface area contributed by atoms with Crippen molar-refractivity contribution in [1.29, 1.82) is 0 Å². The van der Waals surface area contributed by atoms with Crippen molar-refractivity contribution in [1.82, 2.24) is 5.32 Å². The maximum Gasteiger partial charge on any atom is 0.334 e. The lowest BCUT2D eigenvalue weighted by Crippen LogP contribution is -2.44. The second kappa shape index (κ2) is 6.86. The Morgan fingerprint density at radius 1 is 1.44 bits per heavy atom. The second-order valence-corrected chi connectivity index (χ2v) is 4.25. The summed E-state index contributed by atoms with van der Waals surface area (Å²) in [5, 5.41) is 3.25. The molecule has 3 unspecified atom stereocenters. The molecule has 3 atom stereocenters. The van der Waals surface area contributed by atoms with E-state index < -0.39 is 6.10 Å². The molecule has 1 aliphatic carbocycles. The quantitative estimate of drug-likeness (QED) is 0.725. The van der Waals surface area contributed by atoms with Gasteiger partial charge in [0, 0.05) is 6.04 Å². The van der Waals surface area contributed by atoms with Crippen LogP contribution in [0.4, 0.5) is 0 Å². The van der Waals surface area contributed by atoms with Crippen LogP contribution in [0.25, 0.3) is 0 Å². The molecule has 4 heteroatoms. The van der Waals surface area contributed by atoms with Crippen LogP contribution < -0.4 is 5.32 Å². The highest BCUT2D eigenvalue weighted by Gasteiger charge is 2.28.